The zero-order chi connectivity index (χ0) is 23.7. The highest BCUT2D eigenvalue weighted by atomic mass is 16.7. The van der Waals surface area contributed by atoms with Gasteiger partial charge < -0.3 is 19.5 Å². The van der Waals surface area contributed by atoms with Gasteiger partial charge in [-0.3, -0.25) is 10.1 Å². The normalized spacial score (nSPS) is 14.7. The summed E-state index contributed by atoms with van der Waals surface area (Å²) < 4.78 is 16.1. The van der Waals surface area contributed by atoms with Crippen molar-refractivity contribution in [3.05, 3.63) is 64.8 Å². The summed E-state index contributed by atoms with van der Waals surface area (Å²) in [5, 5.41) is 5.00. The highest BCUT2D eigenvalue weighted by Gasteiger charge is 2.28. The van der Waals surface area contributed by atoms with Crippen LogP contribution in [-0.2, 0) is 16.0 Å². The number of imide groups is 1. The molecule has 172 valence electrons. The number of allylic oxidation sites excluding steroid dienone is 1. The summed E-state index contributed by atoms with van der Waals surface area (Å²) in [5.41, 5.74) is 4.49. The van der Waals surface area contributed by atoms with Crippen LogP contribution in [0.2, 0.25) is 0 Å². The summed E-state index contributed by atoms with van der Waals surface area (Å²) >= 11 is 0. The molecule has 9 heteroatoms. The Hall–Kier alpha value is -4.40. The van der Waals surface area contributed by atoms with Gasteiger partial charge in [-0.2, -0.15) is 0 Å². The summed E-state index contributed by atoms with van der Waals surface area (Å²) in [4.78, 5) is 41.1. The molecule has 1 aliphatic heterocycles. The number of para-hydroxylation sites is 1. The summed E-state index contributed by atoms with van der Waals surface area (Å²) in [6.45, 7) is -0.365. The highest BCUT2D eigenvalue weighted by molar-refractivity contribution is 6.08. The van der Waals surface area contributed by atoms with Gasteiger partial charge in [-0.05, 0) is 53.8 Å². The Morgan fingerprint density at radius 3 is 2.76 bits per heavy atom. The summed E-state index contributed by atoms with van der Waals surface area (Å²) in [7, 11) is 1.38. The molecule has 1 aliphatic carbocycles. The van der Waals surface area contributed by atoms with Crippen LogP contribution in [-0.4, -0.2) is 43.3 Å². The van der Waals surface area contributed by atoms with Crippen molar-refractivity contribution in [3.8, 4) is 11.5 Å². The first-order valence-corrected chi connectivity index (χ1v) is 10.7. The minimum Gasteiger partial charge on any atom is -0.454 e. The van der Waals surface area contributed by atoms with Gasteiger partial charge in [0.1, 0.15) is 0 Å². The van der Waals surface area contributed by atoms with Crippen LogP contribution < -0.4 is 20.1 Å². The Balaban J connectivity index is 1.48. The van der Waals surface area contributed by atoms with E-state index in [0.717, 1.165) is 22.4 Å². The van der Waals surface area contributed by atoms with E-state index in [1.165, 1.54) is 7.05 Å². The van der Waals surface area contributed by atoms with E-state index in [4.69, 9.17) is 19.2 Å². The van der Waals surface area contributed by atoms with Gasteiger partial charge in [0, 0.05) is 12.4 Å². The average Bonchev–Trinajstić information content (AvgIpc) is 3.47. The lowest BCUT2D eigenvalue weighted by atomic mass is 10.0. The number of fused-ring (bicyclic) bond motifs is 3. The maximum absolute atomic E-state index is 13.1. The molecule has 0 saturated heterocycles. The molecule has 0 bridgehead atoms. The SMILES string of the molecule is CNC(=O)NC(=O)COC(=O)c1c2c(nc3ccccc13)/C(=C\c1ccc3c(c1)OCO3)CC2. The molecule has 2 N–H and O–H groups in total. The van der Waals surface area contributed by atoms with Crippen molar-refractivity contribution in [1.82, 2.24) is 15.6 Å². The quantitative estimate of drug-likeness (QED) is 0.576. The topological polar surface area (TPSA) is 116 Å². The van der Waals surface area contributed by atoms with Gasteiger partial charge in [0.2, 0.25) is 6.79 Å². The second kappa shape index (κ2) is 8.86. The predicted molar refractivity (Wildman–Crippen MR) is 123 cm³/mol. The van der Waals surface area contributed by atoms with Crippen molar-refractivity contribution in [2.75, 3.05) is 20.4 Å². The van der Waals surface area contributed by atoms with Crippen molar-refractivity contribution in [2.45, 2.75) is 12.8 Å². The molecule has 2 heterocycles. The Morgan fingerprint density at radius 2 is 1.91 bits per heavy atom. The Kier molecular flexibility index (Phi) is 5.59. The minimum atomic E-state index is -0.717. The van der Waals surface area contributed by atoms with Crippen LogP contribution in [0.1, 0.15) is 33.6 Å². The summed E-state index contributed by atoms with van der Waals surface area (Å²) in [6, 6.07) is 12.4. The number of carbonyl (C=O) groups excluding carboxylic acids is 3. The van der Waals surface area contributed by atoms with Crippen molar-refractivity contribution >= 4 is 40.5 Å². The number of benzene rings is 2. The molecule has 9 nitrogen and oxygen atoms in total. The third kappa shape index (κ3) is 4.03. The van der Waals surface area contributed by atoms with Crippen LogP contribution >= 0.6 is 0 Å². The number of hydrogen-bond acceptors (Lipinski definition) is 7. The van der Waals surface area contributed by atoms with E-state index in [2.05, 4.69) is 10.6 Å². The maximum Gasteiger partial charge on any atom is 0.339 e. The number of carbonyl (C=O) groups is 3. The third-order valence-electron chi connectivity index (χ3n) is 5.70. The van der Waals surface area contributed by atoms with Gasteiger partial charge in [0.05, 0.1) is 16.8 Å². The second-order valence-electron chi connectivity index (χ2n) is 7.82. The number of hydrogen-bond donors (Lipinski definition) is 2. The molecule has 1 aromatic heterocycles. The molecule has 0 spiro atoms. The van der Waals surface area contributed by atoms with Crippen molar-refractivity contribution in [1.29, 1.82) is 0 Å². The summed E-state index contributed by atoms with van der Waals surface area (Å²) in [6.07, 6.45) is 3.34. The molecule has 0 unspecified atom stereocenters. The first-order valence-electron chi connectivity index (χ1n) is 10.7. The number of urea groups is 1. The van der Waals surface area contributed by atoms with E-state index >= 15 is 0 Å². The Morgan fingerprint density at radius 1 is 1.09 bits per heavy atom. The van der Waals surface area contributed by atoms with Crippen LogP contribution in [0.15, 0.2) is 42.5 Å². The predicted octanol–water partition coefficient (Wildman–Crippen LogP) is 3.06. The lowest BCUT2D eigenvalue weighted by molar-refractivity contribution is -0.123. The van der Waals surface area contributed by atoms with Crippen LogP contribution in [0.4, 0.5) is 4.79 Å². The third-order valence-corrected chi connectivity index (χ3v) is 5.70. The number of aromatic nitrogens is 1. The lowest BCUT2D eigenvalue weighted by Crippen LogP contribution is -2.39. The fourth-order valence-corrected chi connectivity index (χ4v) is 4.14. The standard InChI is InChI=1S/C25H21N3O6/c1-26-25(31)28-21(29)12-32-24(30)22-16-4-2-3-5-18(16)27-23-15(7-8-17(22)23)10-14-6-9-19-20(11-14)34-13-33-19/h2-6,9-11H,7-8,12-13H2,1H3,(H2,26,28,29,31)/b15-10-. The summed E-state index contributed by atoms with van der Waals surface area (Å²) in [5.74, 6) is 0.0549. The first kappa shape index (κ1) is 21.4. The molecule has 0 radical (unpaired) electrons. The van der Waals surface area contributed by atoms with Crippen LogP contribution in [0.25, 0.3) is 22.6 Å². The van der Waals surface area contributed by atoms with Gasteiger partial charge in [0.25, 0.3) is 5.91 Å². The maximum atomic E-state index is 13.1. The average molecular weight is 459 g/mol. The fourth-order valence-electron chi connectivity index (χ4n) is 4.14. The molecule has 2 aromatic carbocycles. The molecule has 5 rings (SSSR count). The van der Waals surface area contributed by atoms with E-state index in [-0.39, 0.29) is 6.79 Å². The molecular formula is C25H21N3O6. The van der Waals surface area contributed by atoms with Gasteiger partial charge in [-0.25, -0.2) is 14.6 Å². The van der Waals surface area contributed by atoms with Gasteiger partial charge >= 0.3 is 12.0 Å². The fraction of sp³-hybridized carbons (Fsp3) is 0.200. The number of esters is 1. The van der Waals surface area contributed by atoms with E-state index in [0.29, 0.717) is 40.8 Å². The molecular weight excluding hydrogens is 438 g/mol. The van der Waals surface area contributed by atoms with E-state index in [1.807, 2.05) is 48.5 Å². The zero-order valence-corrected chi connectivity index (χ0v) is 18.3. The molecule has 0 atom stereocenters. The molecule has 3 amide bonds. The lowest BCUT2D eigenvalue weighted by Gasteiger charge is -2.12. The first-order chi connectivity index (χ1) is 16.5. The highest BCUT2D eigenvalue weighted by Crippen LogP contribution is 2.39. The van der Waals surface area contributed by atoms with Crippen LogP contribution in [0.3, 0.4) is 0 Å². The number of nitrogens with zero attached hydrogens (tertiary/aromatic N) is 1. The molecule has 0 saturated carbocycles. The number of amides is 3. The molecule has 3 aromatic rings. The molecule has 34 heavy (non-hydrogen) atoms. The van der Waals surface area contributed by atoms with Crippen molar-refractivity contribution in [2.24, 2.45) is 0 Å². The van der Waals surface area contributed by atoms with Crippen LogP contribution in [0, 0.1) is 0 Å². The zero-order valence-electron chi connectivity index (χ0n) is 18.3. The number of ether oxygens (including phenoxy) is 3. The number of nitrogens with one attached hydrogen (secondary N) is 2. The minimum absolute atomic E-state index is 0.207. The number of rotatable bonds is 4. The van der Waals surface area contributed by atoms with E-state index in [1.54, 1.807) is 0 Å². The van der Waals surface area contributed by atoms with Gasteiger partial charge in [-0.15, -0.1) is 0 Å². The Bertz CT molecular complexity index is 1360. The monoisotopic (exact) mass is 459 g/mol. The van der Waals surface area contributed by atoms with Gasteiger partial charge in [0.15, 0.2) is 18.1 Å². The van der Waals surface area contributed by atoms with Crippen molar-refractivity contribution < 1.29 is 28.6 Å². The molecule has 0 fully saturated rings. The smallest absolute Gasteiger partial charge is 0.339 e. The van der Waals surface area contributed by atoms with Gasteiger partial charge in [-0.1, -0.05) is 24.3 Å². The number of pyridine rings is 1. The van der Waals surface area contributed by atoms with Crippen LogP contribution in [0.5, 0.6) is 11.5 Å². The Labute approximate surface area is 194 Å². The van der Waals surface area contributed by atoms with E-state index in [9.17, 15) is 14.4 Å². The second-order valence-corrected chi connectivity index (χ2v) is 7.82. The largest absolute Gasteiger partial charge is 0.454 e. The van der Waals surface area contributed by atoms with E-state index < -0.39 is 24.5 Å². The van der Waals surface area contributed by atoms with Crippen molar-refractivity contribution in [3.63, 3.8) is 0 Å². The molecule has 2 aliphatic rings.